The van der Waals surface area contributed by atoms with Crippen LogP contribution in [0.1, 0.15) is 11.3 Å². The van der Waals surface area contributed by atoms with E-state index in [4.69, 9.17) is 0 Å². The lowest BCUT2D eigenvalue weighted by molar-refractivity contribution is -0.143. The van der Waals surface area contributed by atoms with Crippen LogP contribution in [-0.2, 0) is 11.9 Å². The van der Waals surface area contributed by atoms with Gasteiger partial charge in [0.25, 0.3) is 5.56 Å². The van der Waals surface area contributed by atoms with E-state index in [1.807, 2.05) is 30.3 Å². The first kappa shape index (κ1) is 15.4. The van der Waals surface area contributed by atoms with Crippen molar-refractivity contribution in [2.45, 2.75) is 17.1 Å². The summed E-state index contributed by atoms with van der Waals surface area (Å²) in [6.07, 6.45) is -4.75. The van der Waals surface area contributed by atoms with Crippen molar-refractivity contribution in [3.63, 3.8) is 0 Å². The molecule has 21 heavy (non-hydrogen) atoms. The molecule has 2 rings (SSSR count). The van der Waals surface area contributed by atoms with Gasteiger partial charge in [0.05, 0.1) is 7.11 Å². The number of methoxy groups -OCH3 is 1. The van der Waals surface area contributed by atoms with Crippen LogP contribution in [0.4, 0.5) is 13.2 Å². The normalized spacial score (nSPS) is 11.4. The zero-order chi connectivity index (χ0) is 15.5. The van der Waals surface area contributed by atoms with E-state index in [1.54, 1.807) is 0 Å². The van der Waals surface area contributed by atoms with Crippen molar-refractivity contribution in [3.05, 3.63) is 51.9 Å². The van der Waals surface area contributed by atoms with Crippen LogP contribution in [0.25, 0.3) is 0 Å². The Bertz CT molecular complexity index is 671. The van der Waals surface area contributed by atoms with Gasteiger partial charge in [-0.05, 0) is 5.56 Å². The van der Waals surface area contributed by atoms with E-state index in [9.17, 15) is 18.0 Å². The Hall–Kier alpha value is -1.96. The Morgan fingerprint density at radius 2 is 1.95 bits per heavy atom. The molecule has 1 N–H and O–H groups in total. The van der Waals surface area contributed by atoms with Gasteiger partial charge in [-0.25, -0.2) is 4.98 Å². The fourth-order valence-corrected chi connectivity index (χ4v) is 2.43. The molecule has 0 unspecified atom stereocenters. The molecule has 112 valence electrons. The fourth-order valence-electron chi connectivity index (χ4n) is 1.62. The second-order valence-electron chi connectivity index (χ2n) is 4.02. The highest BCUT2D eigenvalue weighted by molar-refractivity contribution is 7.98. The van der Waals surface area contributed by atoms with Gasteiger partial charge in [0.1, 0.15) is 0 Å². The molecule has 0 aliphatic rings. The van der Waals surface area contributed by atoms with E-state index >= 15 is 0 Å². The largest absolute Gasteiger partial charge is 0.490 e. The third-order valence-corrected chi connectivity index (χ3v) is 3.49. The second kappa shape index (κ2) is 6.21. The van der Waals surface area contributed by atoms with Gasteiger partial charge >= 0.3 is 6.18 Å². The van der Waals surface area contributed by atoms with Crippen LogP contribution in [0.5, 0.6) is 5.75 Å². The summed E-state index contributed by atoms with van der Waals surface area (Å²) in [6, 6.07) is 9.14. The van der Waals surface area contributed by atoms with E-state index in [0.29, 0.717) is 5.75 Å². The number of alkyl halides is 3. The van der Waals surface area contributed by atoms with Gasteiger partial charge in [0.2, 0.25) is 5.75 Å². The van der Waals surface area contributed by atoms with Crippen molar-refractivity contribution in [1.29, 1.82) is 0 Å². The minimum atomic E-state index is -4.75. The fraction of sp³-hybridized carbons (Fsp3) is 0.231. The van der Waals surface area contributed by atoms with Crippen LogP contribution < -0.4 is 10.3 Å². The molecular weight excluding hydrogens is 305 g/mol. The first-order valence-corrected chi connectivity index (χ1v) is 6.82. The molecule has 0 atom stereocenters. The van der Waals surface area contributed by atoms with E-state index in [2.05, 4.69) is 14.7 Å². The molecule has 0 saturated carbocycles. The Labute approximate surface area is 122 Å². The summed E-state index contributed by atoms with van der Waals surface area (Å²) in [5.74, 6) is -0.431. The molecule has 0 saturated heterocycles. The number of rotatable bonds is 4. The van der Waals surface area contributed by atoms with Gasteiger partial charge < -0.3 is 4.74 Å². The summed E-state index contributed by atoms with van der Waals surface area (Å²) in [7, 11) is 0.998. The first-order valence-electron chi connectivity index (χ1n) is 5.84. The Morgan fingerprint density at radius 1 is 1.29 bits per heavy atom. The van der Waals surface area contributed by atoms with Gasteiger partial charge in [-0.3, -0.25) is 9.78 Å². The second-order valence-corrected chi connectivity index (χ2v) is 4.99. The number of aromatic amines is 1. The Kier molecular flexibility index (Phi) is 4.56. The van der Waals surface area contributed by atoms with Crippen molar-refractivity contribution in [2.24, 2.45) is 0 Å². The van der Waals surface area contributed by atoms with Gasteiger partial charge in [-0.2, -0.15) is 13.2 Å². The number of ether oxygens (including phenoxy) is 1. The topological polar surface area (TPSA) is 55.0 Å². The van der Waals surface area contributed by atoms with Gasteiger partial charge in [-0.1, -0.05) is 42.1 Å². The van der Waals surface area contributed by atoms with Crippen molar-refractivity contribution in [2.75, 3.05) is 7.11 Å². The van der Waals surface area contributed by atoms with Crippen LogP contribution in [0.15, 0.2) is 40.3 Å². The van der Waals surface area contributed by atoms with E-state index < -0.39 is 23.2 Å². The smallest absolute Gasteiger partial charge is 0.437 e. The average molecular weight is 316 g/mol. The first-order chi connectivity index (χ1) is 9.91. The lowest BCUT2D eigenvalue weighted by atomic mass is 10.2. The lowest BCUT2D eigenvalue weighted by Gasteiger charge is -2.11. The maximum atomic E-state index is 12.9. The van der Waals surface area contributed by atoms with E-state index in [0.717, 1.165) is 24.4 Å². The number of halogens is 3. The molecule has 0 aliphatic carbocycles. The SMILES string of the molecule is COc1c(C(F)(F)F)nc(SCc2ccccc2)[nH]c1=O. The Morgan fingerprint density at radius 3 is 2.52 bits per heavy atom. The Balaban J connectivity index is 2.29. The number of thioether (sulfide) groups is 1. The monoisotopic (exact) mass is 316 g/mol. The highest BCUT2D eigenvalue weighted by Gasteiger charge is 2.38. The van der Waals surface area contributed by atoms with Crippen molar-refractivity contribution in [3.8, 4) is 5.75 Å². The van der Waals surface area contributed by atoms with Crippen molar-refractivity contribution < 1.29 is 17.9 Å². The summed E-state index contributed by atoms with van der Waals surface area (Å²) < 4.78 is 43.0. The van der Waals surface area contributed by atoms with Gasteiger partial charge in [0, 0.05) is 5.75 Å². The molecule has 0 fully saturated rings. The van der Waals surface area contributed by atoms with Crippen LogP contribution in [-0.4, -0.2) is 17.1 Å². The number of nitrogens with one attached hydrogen (secondary N) is 1. The van der Waals surface area contributed by atoms with Crippen molar-refractivity contribution in [1.82, 2.24) is 9.97 Å². The predicted octanol–water partition coefficient (Wildman–Crippen LogP) is 3.09. The number of hydrogen-bond donors (Lipinski definition) is 1. The number of H-pyrrole nitrogens is 1. The van der Waals surface area contributed by atoms with Gasteiger partial charge in [-0.15, -0.1) is 0 Å². The molecule has 8 heteroatoms. The van der Waals surface area contributed by atoms with Crippen LogP contribution in [0.3, 0.4) is 0 Å². The molecule has 0 bridgehead atoms. The minimum Gasteiger partial charge on any atom is -0.490 e. The van der Waals surface area contributed by atoms with Gasteiger partial charge in [0.15, 0.2) is 10.9 Å². The van der Waals surface area contributed by atoms with E-state index in [1.165, 1.54) is 0 Å². The molecule has 4 nitrogen and oxygen atoms in total. The number of benzene rings is 1. The maximum absolute atomic E-state index is 12.9. The molecule has 1 heterocycles. The van der Waals surface area contributed by atoms with Crippen LogP contribution in [0.2, 0.25) is 0 Å². The number of hydrogen-bond acceptors (Lipinski definition) is 4. The quantitative estimate of drug-likeness (QED) is 0.696. The van der Waals surface area contributed by atoms with Crippen LogP contribution in [0, 0.1) is 0 Å². The zero-order valence-electron chi connectivity index (χ0n) is 10.9. The minimum absolute atomic E-state index is 0.100. The number of aromatic nitrogens is 2. The highest BCUT2D eigenvalue weighted by Crippen LogP contribution is 2.33. The molecular formula is C13H11F3N2O2S. The molecule has 1 aromatic carbocycles. The molecule has 0 aliphatic heterocycles. The summed E-state index contributed by atoms with van der Waals surface area (Å²) >= 11 is 1.01. The summed E-state index contributed by atoms with van der Waals surface area (Å²) in [5.41, 5.74) is -1.35. The summed E-state index contributed by atoms with van der Waals surface area (Å²) in [4.78, 5) is 17.3. The molecule has 2 aromatic rings. The summed E-state index contributed by atoms with van der Waals surface area (Å²) in [5, 5.41) is -0.100. The third kappa shape index (κ3) is 3.78. The third-order valence-electron chi connectivity index (χ3n) is 2.55. The standard InChI is InChI=1S/C13H11F3N2O2S/c1-20-9-10(13(14,15)16)17-12(18-11(9)19)21-7-8-5-3-2-4-6-8/h2-6H,7H2,1H3,(H,17,18,19). The molecule has 0 spiro atoms. The van der Waals surface area contributed by atoms with Crippen LogP contribution >= 0.6 is 11.8 Å². The molecule has 0 radical (unpaired) electrons. The van der Waals surface area contributed by atoms with E-state index in [-0.39, 0.29) is 5.16 Å². The predicted molar refractivity (Wildman–Crippen MR) is 72.4 cm³/mol. The summed E-state index contributed by atoms with van der Waals surface area (Å²) in [6.45, 7) is 0. The zero-order valence-corrected chi connectivity index (χ0v) is 11.7. The molecule has 0 amide bonds. The average Bonchev–Trinajstić information content (AvgIpc) is 2.44. The van der Waals surface area contributed by atoms with Crippen molar-refractivity contribution >= 4 is 11.8 Å². The molecule has 1 aromatic heterocycles. The highest BCUT2D eigenvalue weighted by atomic mass is 32.2. The lowest BCUT2D eigenvalue weighted by Crippen LogP contribution is -2.20. The number of nitrogens with zero attached hydrogens (tertiary/aromatic N) is 1. The maximum Gasteiger partial charge on any atom is 0.437 e.